The fourth-order valence-corrected chi connectivity index (χ4v) is 9.20. The van der Waals surface area contributed by atoms with Crippen molar-refractivity contribution < 1.29 is 0 Å². The van der Waals surface area contributed by atoms with Crippen LogP contribution in [-0.2, 0) is 0 Å². The second-order valence-corrected chi connectivity index (χ2v) is 17.0. The Morgan fingerprint density at radius 3 is 1.15 bits per heavy atom. The SMILES string of the molecule is C1CC2CCC1C2.CC1CCC(CC2CCC(C)CC2)CC1.CCC.CCC.CCC1(C)CC(C)CC(C)(C)C1. The topological polar surface area (TPSA) is 0 Å². The van der Waals surface area contributed by atoms with Gasteiger partial charge in [0.1, 0.15) is 0 Å². The molecule has 0 N–H and O–H groups in total. The quantitative estimate of drug-likeness (QED) is 0.322. The van der Waals surface area contributed by atoms with Crippen LogP contribution in [-0.4, -0.2) is 0 Å². The first-order chi connectivity index (χ1) is 18.9. The van der Waals surface area contributed by atoms with E-state index in [9.17, 15) is 0 Å². The molecule has 2 atom stereocenters. The van der Waals surface area contributed by atoms with E-state index in [1.165, 1.54) is 102 Å². The molecule has 0 nitrogen and oxygen atoms in total. The van der Waals surface area contributed by atoms with E-state index < -0.39 is 0 Å². The summed E-state index contributed by atoms with van der Waals surface area (Å²) < 4.78 is 0. The van der Waals surface area contributed by atoms with Crippen LogP contribution in [0.5, 0.6) is 0 Å². The van der Waals surface area contributed by atoms with E-state index in [-0.39, 0.29) is 0 Å². The molecule has 2 bridgehead atoms. The summed E-state index contributed by atoms with van der Waals surface area (Å²) in [7, 11) is 0. The maximum atomic E-state index is 2.46. The summed E-state index contributed by atoms with van der Waals surface area (Å²) in [5, 5.41) is 0. The Hall–Kier alpha value is 0. The van der Waals surface area contributed by atoms with Gasteiger partial charge in [-0.05, 0) is 84.4 Å². The summed E-state index contributed by atoms with van der Waals surface area (Å²) in [5.74, 6) is 7.51. The van der Waals surface area contributed by atoms with Crippen LogP contribution < -0.4 is 0 Å². The normalized spacial score (nSPS) is 37.7. The zero-order valence-corrected chi connectivity index (χ0v) is 30.2. The summed E-state index contributed by atoms with van der Waals surface area (Å²) in [6.45, 7) is 25.4. The van der Waals surface area contributed by atoms with Crippen molar-refractivity contribution in [2.45, 2.75) is 205 Å². The summed E-state index contributed by atoms with van der Waals surface area (Å²) in [4.78, 5) is 0. The molecule has 0 aromatic carbocycles. The van der Waals surface area contributed by atoms with Gasteiger partial charge >= 0.3 is 0 Å². The first-order valence-electron chi connectivity index (χ1n) is 18.9. The van der Waals surface area contributed by atoms with Gasteiger partial charge in [0.05, 0.1) is 0 Å². The van der Waals surface area contributed by atoms with E-state index in [1.807, 2.05) is 0 Å². The fraction of sp³-hybridized carbons (Fsp3) is 1.00. The van der Waals surface area contributed by atoms with E-state index in [0.29, 0.717) is 10.8 Å². The number of rotatable bonds is 3. The van der Waals surface area contributed by atoms with Crippen LogP contribution in [0.2, 0.25) is 0 Å². The molecule has 5 aliphatic rings. The van der Waals surface area contributed by atoms with Crippen molar-refractivity contribution >= 4 is 0 Å². The van der Waals surface area contributed by atoms with E-state index in [2.05, 4.69) is 76.2 Å². The molecular weight excluding hydrogens is 480 g/mol. The lowest BCUT2D eigenvalue weighted by Crippen LogP contribution is -2.34. The van der Waals surface area contributed by atoms with E-state index in [0.717, 1.165) is 29.6 Å². The molecule has 0 aromatic rings. The number of hydrogen-bond acceptors (Lipinski definition) is 0. The Labute approximate surface area is 256 Å². The van der Waals surface area contributed by atoms with Gasteiger partial charge in [0.2, 0.25) is 0 Å². The lowest BCUT2D eigenvalue weighted by Gasteiger charge is -2.45. The highest BCUT2D eigenvalue weighted by Crippen LogP contribution is 2.50. The van der Waals surface area contributed by atoms with Gasteiger partial charge in [-0.3, -0.25) is 0 Å². The third-order valence-corrected chi connectivity index (χ3v) is 11.1. The second kappa shape index (κ2) is 20.0. The van der Waals surface area contributed by atoms with Gasteiger partial charge in [-0.25, -0.2) is 0 Å². The molecule has 0 radical (unpaired) electrons. The highest BCUT2D eigenvalue weighted by Gasteiger charge is 2.38. The highest BCUT2D eigenvalue weighted by atomic mass is 14.4. The lowest BCUT2D eigenvalue weighted by molar-refractivity contribution is 0.0582. The summed E-state index contributed by atoms with van der Waals surface area (Å²) in [6, 6.07) is 0. The molecule has 0 spiro atoms. The Balaban J connectivity index is 0.000000284. The predicted molar refractivity (Wildman–Crippen MR) is 184 cm³/mol. The summed E-state index contributed by atoms with van der Waals surface area (Å²) >= 11 is 0. The molecule has 0 aromatic heterocycles. The minimum Gasteiger partial charge on any atom is -0.0656 e. The van der Waals surface area contributed by atoms with Crippen LogP contribution in [0, 0.1) is 52.3 Å². The third kappa shape index (κ3) is 16.0. The lowest BCUT2D eigenvalue weighted by atomic mass is 9.60. The van der Waals surface area contributed by atoms with Gasteiger partial charge in [-0.1, -0.05) is 172 Å². The van der Waals surface area contributed by atoms with Crippen molar-refractivity contribution in [2.24, 2.45) is 52.3 Å². The molecule has 5 fully saturated rings. The smallest absolute Gasteiger partial charge is 0.0321 e. The van der Waals surface area contributed by atoms with Crippen molar-refractivity contribution in [3.05, 3.63) is 0 Å². The third-order valence-electron chi connectivity index (χ3n) is 11.1. The van der Waals surface area contributed by atoms with Gasteiger partial charge in [0.15, 0.2) is 0 Å². The molecular formula is C40H80. The average molecular weight is 561 g/mol. The number of hydrogen-bond donors (Lipinski definition) is 0. The monoisotopic (exact) mass is 561 g/mol. The van der Waals surface area contributed by atoms with Crippen LogP contribution in [0.3, 0.4) is 0 Å². The van der Waals surface area contributed by atoms with Crippen molar-refractivity contribution in [3.8, 4) is 0 Å². The van der Waals surface area contributed by atoms with Crippen molar-refractivity contribution in [1.82, 2.24) is 0 Å². The number of fused-ring (bicyclic) bond motifs is 2. The Kier molecular flexibility index (Phi) is 19.1. The van der Waals surface area contributed by atoms with Crippen LogP contribution >= 0.6 is 0 Å². The molecule has 0 heteroatoms. The van der Waals surface area contributed by atoms with Gasteiger partial charge in [0.25, 0.3) is 0 Å². The standard InChI is InChI=1S/C15H28.C12H24.C7H12.2C3H8/c1-12-3-7-14(8-4-12)11-15-9-5-13(2)6-10-15;1-6-12(5)8-10(2)7-11(3,4)9-12;1-2-7-4-3-6(1)5-7;2*1-3-2/h12-15H,3-11H2,1-2H3;10H,6-9H2,1-5H3;6-7H,1-5H2;2*3H2,1-2H3. The maximum Gasteiger partial charge on any atom is -0.0321 e. The van der Waals surface area contributed by atoms with E-state index >= 15 is 0 Å². The minimum absolute atomic E-state index is 0.586. The van der Waals surface area contributed by atoms with Crippen molar-refractivity contribution in [1.29, 1.82) is 0 Å². The maximum absolute atomic E-state index is 2.46. The first-order valence-corrected chi connectivity index (χ1v) is 18.9. The Morgan fingerprint density at radius 1 is 0.500 bits per heavy atom. The van der Waals surface area contributed by atoms with Gasteiger partial charge in [0, 0.05) is 0 Å². The van der Waals surface area contributed by atoms with Gasteiger partial charge in [-0.15, -0.1) is 0 Å². The molecule has 5 aliphatic carbocycles. The molecule has 0 aliphatic heterocycles. The van der Waals surface area contributed by atoms with Crippen LogP contribution in [0.1, 0.15) is 205 Å². The molecule has 40 heavy (non-hydrogen) atoms. The van der Waals surface area contributed by atoms with E-state index in [1.54, 1.807) is 38.5 Å². The Morgan fingerprint density at radius 2 is 0.875 bits per heavy atom. The minimum atomic E-state index is 0.586. The molecule has 2 unspecified atom stereocenters. The molecule has 0 amide bonds. The van der Waals surface area contributed by atoms with Crippen molar-refractivity contribution in [2.75, 3.05) is 0 Å². The Bertz CT molecular complexity index is 547. The first kappa shape index (κ1) is 38.0. The average Bonchev–Trinajstić information content (AvgIpc) is 3.54. The van der Waals surface area contributed by atoms with Gasteiger partial charge < -0.3 is 0 Å². The zero-order chi connectivity index (χ0) is 30.2. The molecule has 5 saturated carbocycles. The second-order valence-electron chi connectivity index (χ2n) is 17.0. The summed E-state index contributed by atoms with van der Waals surface area (Å²) in [5.41, 5.74) is 1.21. The molecule has 0 heterocycles. The van der Waals surface area contributed by atoms with Crippen LogP contribution in [0.25, 0.3) is 0 Å². The van der Waals surface area contributed by atoms with Crippen LogP contribution in [0.15, 0.2) is 0 Å². The summed E-state index contributed by atoms with van der Waals surface area (Å²) in [6.07, 6.45) is 29.7. The van der Waals surface area contributed by atoms with Gasteiger partial charge in [-0.2, -0.15) is 0 Å². The molecule has 0 saturated heterocycles. The fourth-order valence-electron chi connectivity index (χ4n) is 9.20. The van der Waals surface area contributed by atoms with E-state index in [4.69, 9.17) is 0 Å². The zero-order valence-electron chi connectivity index (χ0n) is 30.2. The molecule has 240 valence electrons. The largest absolute Gasteiger partial charge is 0.0656 e. The van der Waals surface area contributed by atoms with Crippen LogP contribution in [0.4, 0.5) is 0 Å². The predicted octanol–water partition coefficient (Wildman–Crippen LogP) is 14.3. The molecule has 5 rings (SSSR count). The van der Waals surface area contributed by atoms with Crippen molar-refractivity contribution in [3.63, 3.8) is 0 Å². The highest BCUT2D eigenvalue weighted by molar-refractivity contribution is 4.89.